The van der Waals surface area contributed by atoms with Crippen molar-refractivity contribution in [3.8, 4) is 0 Å². The third-order valence-corrected chi connectivity index (χ3v) is 6.86. The van der Waals surface area contributed by atoms with Crippen molar-refractivity contribution in [2.45, 2.75) is 113 Å². The molecule has 0 bridgehead atoms. The number of ether oxygens (including phenoxy) is 5. The second kappa shape index (κ2) is 13.4. The molecule has 10 N–H and O–H groups in total. The SMILES string of the molecule is CC(=O)N[C@@H]1[C@@H](O[C@H]2O[C@H](CO)[C@H](O)[C@H](O[C@@H]3O[C@@H](C)[C@H](O)[C@@H](O)[C@H]3O)[C@H]2NC(C)=O)[C@@H](O)[C@@H](CO)O[C@H]1O. The van der Waals surface area contributed by atoms with Gasteiger partial charge < -0.3 is 75.2 Å². The summed E-state index contributed by atoms with van der Waals surface area (Å²) in [4.78, 5) is 23.9. The number of hydrogen-bond donors (Lipinski definition) is 10. The van der Waals surface area contributed by atoms with Gasteiger partial charge in [-0.3, -0.25) is 9.59 Å². The highest BCUT2D eigenvalue weighted by Gasteiger charge is 2.54. The second-order valence-corrected chi connectivity index (χ2v) is 9.79. The number of amides is 2. The Hall–Kier alpha value is -1.58. The van der Waals surface area contributed by atoms with Gasteiger partial charge in [0.1, 0.15) is 67.0 Å². The third-order valence-electron chi connectivity index (χ3n) is 6.86. The fraction of sp³-hybridized carbons (Fsp3) is 0.909. The Morgan fingerprint density at radius 3 is 1.69 bits per heavy atom. The summed E-state index contributed by atoms with van der Waals surface area (Å²) in [5.41, 5.74) is 0. The molecular weight excluding hydrogens is 532 g/mol. The molecule has 3 heterocycles. The zero-order valence-corrected chi connectivity index (χ0v) is 21.5. The average Bonchev–Trinajstić information content (AvgIpc) is 2.87. The predicted molar refractivity (Wildman–Crippen MR) is 123 cm³/mol. The maximum absolute atomic E-state index is 12.1. The third kappa shape index (κ3) is 7.02. The van der Waals surface area contributed by atoms with Gasteiger partial charge in [0.25, 0.3) is 0 Å². The largest absolute Gasteiger partial charge is 0.394 e. The molecule has 0 aromatic carbocycles. The molecule has 226 valence electrons. The van der Waals surface area contributed by atoms with Crippen molar-refractivity contribution < 1.29 is 74.1 Å². The van der Waals surface area contributed by atoms with Crippen molar-refractivity contribution in [1.82, 2.24) is 10.6 Å². The van der Waals surface area contributed by atoms with E-state index in [0.717, 1.165) is 13.8 Å². The Bertz CT molecular complexity index is 837. The van der Waals surface area contributed by atoms with E-state index < -0.39 is 117 Å². The van der Waals surface area contributed by atoms with E-state index in [0.29, 0.717) is 0 Å². The van der Waals surface area contributed by atoms with Gasteiger partial charge in [-0.25, -0.2) is 0 Å². The van der Waals surface area contributed by atoms with Crippen LogP contribution < -0.4 is 10.6 Å². The van der Waals surface area contributed by atoms with E-state index in [-0.39, 0.29) is 0 Å². The van der Waals surface area contributed by atoms with Gasteiger partial charge in [0, 0.05) is 13.8 Å². The Morgan fingerprint density at radius 1 is 0.667 bits per heavy atom. The Balaban J connectivity index is 1.94. The van der Waals surface area contributed by atoms with Gasteiger partial charge in [-0.2, -0.15) is 0 Å². The summed E-state index contributed by atoms with van der Waals surface area (Å²) in [6.07, 6.45) is -20.0. The summed E-state index contributed by atoms with van der Waals surface area (Å²) in [6, 6.07) is -2.81. The molecule has 17 heteroatoms. The molecule has 0 saturated carbocycles. The summed E-state index contributed by atoms with van der Waals surface area (Å²) in [6.45, 7) is 2.14. The first kappa shape index (κ1) is 31.9. The van der Waals surface area contributed by atoms with Crippen molar-refractivity contribution in [3.63, 3.8) is 0 Å². The minimum Gasteiger partial charge on any atom is -0.394 e. The minimum absolute atomic E-state index is 0.628. The van der Waals surface area contributed by atoms with Crippen molar-refractivity contribution in [2.24, 2.45) is 0 Å². The van der Waals surface area contributed by atoms with Gasteiger partial charge in [-0.05, 0) is 6.92 Å². The molecule has 0 aliphatic carbocycles. The molecule has 0 spiro atoms. The first-order valence-electron chi connectivity index (χ1n) is 12.4. The van der Waals surface area contributed by atoms with Crippen molar-refractivity contribution >= 4 is 11.8 Å². The van der Waals surface area contributed by atoms with E-state index in [1.165, 1.54) is 6.92 Å². The lowest BCUT2D eigenvalue weighted by Gasteiger charge is -2.49. The van der Waals surface area contributed by atoms with Crippen LogP contribution in [-0.4, -0.2) is 158 Å². The van der Waals surface area contributed by atoms with E-state index in [1.54, 1.807) is 0 Å². The van der Waals surface area contributed by atoms with E-state index in [2.05, 4.69) is 10.6 Å². The van der Waals surface area contributed by atoms with E-state index in [1.807, 2.05) is 0 Å². The normalized spacial score (nSPS) is 46.9. The van der Waals surface area contributed by atoms with Gasteiger partial charge >= 0.3 is 0 Å². The van der Waals surface area contributed by atoms with Crippen LogP contribution >= 0.6 is 0 Å². The highest BCUT2D eigenvalue weighted by atomic mass is 16.7. The monoisotopic (exact) mass is 570 g/mol. The first-order valence-corrected chi connectivity index (χ1v) is 12.4. The smallest absolute Gasteiger partial charge is 0.217 e. The van der Waals surface area contributed by atoms with Gasteiger partial charge in [0.15, 0.2) is 18.9 Å². The molecule has 39 heavy (non-hydrogen) atoms. The fourth-order valence-electron chi connectivity index (χ4n) is 4.80. The summed E-state index contributed by atoms with van der Waals surface area (Å²) in [7, 11) is 0. The number of carbonyl (C=O) groups excluding carboxylic acids is 2. The van der Waals surface area contributed by atoms with Gasteiger partial charge in [0.2, 0.25) is 11.8 Å². The van der Waals surface area contributed by atoms with Crippen molar-refractivity contribution in [1.29, 1.82) is 0 Å². The van der Waals surface area contributed by atoms with Crippen LogP contribution in [0.1, 0.15) is 20.8 Å². The minimum atomic E-state index is -1.78. The molecule has 3 aliphatic heterocycles. The zero-order valence-electron chi connectivity index (χ0n) is 21.5. The maximum atomic E-state index is 12.1. The Kier molecular flexibility index (Phi) is 11.0. The van der Waals surface area contributed by atoms with E-state index in [4.69, 9.17) is 23.7 Å². The second-order valence-electron chi connectivity index (χ2n) is 9.79. The van der Waals surface area contributed by atoms with E-state index >= 15 is 0 Å². The topological polar surface area (TPSA) is 266 Å². The van der Waals surface area contributed by atoms with E-state index in [9.17, 15) is 50.4 Å². The standard InChI is InChI=1S/C22H38N2O15/c1-6-13(29)16(32)17(33)22(35-6)39-19-12(24-8(3)28)21(37-10(5-26)15(19)31)38-18-11(23-7(2)27)20(34)36-9(4-25)14(18)30/h6,9-22,25-26,29-34H,4-5H2,1-3H3,(H,23,27)(H,24,28)/t6-,9+,10+,11+,12+,13-,14-,15-,16+,17+,18+,19+,20+,21+,22-/m0/s1. The van der Waals surface area contributed by atoms with Crippen LogP contribution in [0.5, 0.6) is 0 Å². The van der Waals surface area contributed by atoms with Crippen LogP contribution in [-0.2, 0) is 33.3 Å². The van der Waals surface area contributed by atoms with Gasteiger partial charge in [0.05, 0.1) is 19.3 Å². The molecule has 3 rings (SSSR count). The summed E-state index contributed by atoms with van der Waals surface area (Å²) < 4.78 is 27.9. The lowest BCUT2D eigenvalue weighted by atomic mass is 9.94. The quantitative estimate of drug-likeness (QED) is 0.130. The van der Waals surface area contributed by atoms with Crippen LogP contribution in [0.4, 0.5) is 0 Å². The van der Waals surface area contributed by atoms with Gasteiger partial charge in [-0.1, -0.05) is 0 Å². The molecule has 0 aromatic heterocycles. The maximum Gasteiger partial charge on any atom is 0.217 e. The highest BCUT2D eigenvalue weighted by molar-refractivity contribution is 5.73. The number of hydrogen-bond acceptors (Lipinski definition) is 15. The van der Waals surface area contributed by atoms with Crippen molar-refractivity contribution in [2.75, 3.05) is 13.2 Å². The van der Waals surface area contributed by atoms with Crippen molar-refractivity contribution in [3.05, 3.63) is 0 Å². The molecule has 0 unspecified atom stereocenters. The zero-order chi connectivity index (χ0) is 29.2. The van der Waals surface area contributed by atoms with Crippen LogP contribution in [0.2, 0.25) is 0 Å². The molecule has 3 fully saturated rings. The molecule has 0 radical (unpaired) electrons. The lowest BCUT2D eigenvalue weighted by molar-refractivity contribution is -0.354. The van der Waals surface area contributed by atoms with Crippen LogP contribution in [0, 0.1) is 0 Å². The highest BCUT2D eigenvalue weighted by Crippen LogP contribution is 2.32. The Morgan fingerprint density at radius 2 is 1.15 bits per heavy atom. The van der Waals surface area contributed by atoms with Crippen LogP contribution in [0.15, 0.2) is 0 Å². The Labute approximate surface area is 223 Å². The first-order chi connectivity index (χ1) is 18.3. The molecule has 15 atom stereocenters. The number of aliphatic hydroxyl groups is 8. The number of aliphatic hydroxyl groups excluding tert-OH is 8. The summed E-state index contributed by atoms with van der Waals surface area (Å²) >= 11 is 0. The van der Waals surface area contributed by atoms with Gasteiger partial charge in [-0.15, -0.1) is 0 Å². The number of nitrogens with one attached hydrogen (secondary N) is 2. The molecule has 0 aromatic rings. The summed E-state index contributed by atoms with van der Waals surface area (Å²) in [5, 5.41) is 87.0. The van der Waals surface area contributed by atoms with Crippen LogP contribution in [0.3, 0.4) is 0 Å². The number of rotatable bonds is 8. The molecular formula is C22H38N2O15. The average molecular weight is 571 g/mol. The van der Waals surface area contributed by atoms with Crippen LogP contribution in [0.25, 0.3) is 0 Å². The molecule has 3 saturated heterocycles. The summed E-state index contributed by atoms with van der Waals surface area (Å²) in [5.74, 6) is -1.29. The molecule has 17 nitrogen and oxygen atoms in total. The lowest BCUT2D eigenvalue weighted by Crippen LogP contribution is -2.70. The molecule has 3 aliphatic rings. The fourth-order valence-corrected chi connectivity index (χ4v) is 4.80. The predicted octanol–water partition coefficient (Wildman–Crippen LogP) is -6.26. The molecule has 2 amide bonds. The number of carbonyl (C=O) groups is 2.